The van der Waals surface area contributed by atoms with E-state index in [2.05, 4.69) is 50.6 Å². The van der Waals surface area contributed by atoms with Gasteiger partial charge in [0.05, 0.1) is 0 Å². The highest BCUT2D eigenvalue weighted by Gasteiger charge is 2.23. The van der Waals surface area contributed by atoms with Crippen LogP contribution < -0.4 is 9.47 Å². The van der Waals surface area contributed by atoms with Crippen LogP contribution in [0.3, 0.4) is 0 Å². The molecule has 8 nitrogen and oxygen atoms in total. The molecule has 0 saturated carbocycles. The Bertz CT molecular complexity index is 1650. The number of rotatable bonds is 10. The molecule has 2 amide bonds. The first-order valence-electron chi connectivity index (χ1n) is 17.3. The highest BCUT2D eigenvalue weighted by atomic mass is 127. The lowest BCUT2D eigenvalue weighted by molar-refractivity contribution is -0.135. The molecular weight excluding hydrogens is 817 g/mol. The second-order valence-corrected chi connectivity index (χ2v) is 15.1. The summed E-state index contributed by atoms with van der Waals surface area (Å²) in [5, 5.41) is 1.49. The van der Waals surface area contributed by atoms with E-state index in [-0.39, 0.29) is 30.8 Å². The third-order valence-corrected chi connectivity index (χ3v) is 10.2. The summed E-state index contributed by atoms with van der Waals surface area (Å²) >= 11 is 14.1. The van der Waals surface area contributed by atoms with Crippen LogP contribution in [0.1, 0.15) is 22.3 Å². The lowest BCUT2D eigenvalue weighted by Crippen LogP contribution is -2.49. The molecule has 2 saturated heterocycles. The number of halogens is 4. The normalized spacial score (nSPS) is 15.1. The Labute approximate surface area is 329 Å². The number of piperazine rings is 2. The van der Waals surface area contributed by atoms with E-state index in [1.807, 2.05) is 65.3 Å². The van der Waals surface area contributed by atoms with E-state index in [1.165, 1.54) is 23.3 Å². The van der Waals surface area contributed by atoms with Crippen LogP contribution in [0, 0.1) is 23.2 Å². The topological polar surface area (TPSA) is 65.6 Å². The minimum Gasteiger partial charge on any atom is -0.483 e. The standard InChI is InChI=1S/C20H22ClFN2O2.C20H22ClIN2O2/c2*1-15-12-18(22)6-7-19(15)26-14-20(25)24-10-8-23(9-11-24)13-16-2-4-17(21)5-3-16/h2*2-7,12H,8-11,13-14H2,1H3. The monoisotopic (exact) mass is 860 g/mol. The predicted octanol–water partition coefficient (Wildman–Crippen LogP) is 7.49. The van der Waals surface area contributed by atoms with Crippen molar-refractivity contribution in [2.24, 2.45) is 0 Å². The van der Waals surface area contributed by atoms with Crippen molar-refractivity contribution in [2.75, 3.05) is 65.6 Å². The molecule has 6 rings (SSSR count). The third kappa shape index (κ3) is 12.3. The Morgan fingerprint density at radius 3 is 1.42 bits per heavy atom. The van der Waals surface area contributed by atoms with Crippen LogP contribution in [0.4, 0.5) is 4.39 Å². The molecule has 4 aromatic rings. The Balaban J connectivity index is 0.000000201. The predicted molar refractivity (Wildman–Crippen MR) is 213 cm³/mol. The molecule has 2 heterocycles. The molecule has 0 atom stereocenters. The summed E-state index contributed by atoms with van der Waals surface area (Å²) in [5.41, 5.74) is 4.19. The van der Waals surface area contributed by atoms with E-state index in [4.69, 9.17) is 32.7 Å². The molecule has 2 aliphatic heterocycles. The maximum Gasteiger partial charge on any atom is 0.260 e. The van der Waals surface area contributed by atoms with Gasteiger partial charge in [0.1, 0.15) is 17.3 Å². The lowest BCUT2D eigenvalue weighted by Gasteiger charge is -2.34. The van der Waals surface area contributed by atoms with Crippen molar-refractivity contribution in [1.82, 2.24) is 19.6 Å². The Hall–Kier alpha value is -3.42. The third-order valence-electron chi connectivity index (χ3n) is 9.07. The van der Waals surface area contributed by atoms with Crippen molar-refractivity contribution in [3.05, 3.63) is 127 Å². The fourth-order valence-corrected chi connectivity index (χ4v) is 6.92. The summed E-state index contributed by atoms with van der Waals surface area (Å²) in [7, 11) is 0. The van der Waals surface area contributed by atoms with Gasteiger partial charge in [-0.15, -0.1) is 0 Å². The van der Waals surface area contributed by atoms with Gasteiger partial charge in [0.25, 0.3) is 11.8 Å². The zero-order valence-electron chi connectivity index (χ0n) is 29.5. The molecule has 276 valence electrons. The van der Waals surface area contributed by atoms with Crippen molar-refractivity contribution in [2.45, 2.75) is 26.9 Å². The first-order valence-corrected chi connectivity index (χ1v) is 19.1. The molecule has 52 heavy (non-hydrogen) atoms. The molecule has 2 aliphatic rings. The van der Waals surface area contributed by atoms with Gasteiger partial charge >= 0.3 is 0 Å². The summed E-state index contributed by atoms with van der Waals surface area (Å²) in [6, 6.07) is 26.0. The van der Waals surface area contributed by atoms with Crippen molar-refractivity contribution < 1.29 is 23.5 Å². The molecule has 0 aromatic heterocycles. The van der Waals surface area contributed by atoms with Crippen LogP contribution in [-0.2, 0) is 22.7 Å². The first-order chi connectivity index (χ1) is 25.0. The van der Waals surface area contributed by atoms with Gasteiger partial charge in [-0.25, -0.2) is 4.39 Å². The number of hydrogen-bond donors (Lipinski definition) is 0. The summed E-state index contributed by atoms with van der Waals surface area (Å²) in [5.74, 6) is 1.02. The molecular formula is C40H44Cl2FIN4O4. The highest BCUT2D eigenvalue weighted by molar-refractivity contribution is 14.1. The molecule has 0 unspecified atom stereocenters. The molecule has 0 N–H and O–H groups in total. The van der Waals surface area contributed by atoms with Crippen LogP contribution >= 0.6 is 45.8 Å². The molecule has 0 bridgehead atoms. The molecule has 0 radical (unpaired) electrons. The number of carbonyl (C=O) groups is 2. The van der Waals surface area contributed by atoms with Crippen LogP contribution in [0.5, 0.6) is 11.5 Å². The minimum absolute atomic E-state index is 0.0242. The van der Waals surface area contributed by atoms with Gasteiger partial charge in [0.2, 0.25) is 0 Å². The average Bonchev–Trinajstić information content (AvgIpc) is 3.13. The number of benzene rings is 4. The van der Waals surface area contributed by atoms with E-state index >= 15 is 0 Å². The van der Waals surface area contributed by atoms with E-state index < -0.39 is 0 Å². The van der Waals surface area contributed by atoms with Crippen molar-refractivity contribution >= 4 is 57.6 Å². The van der Waals surface area contributed by atoms with Gasteiger partial charge in [-0.05, 0) is 119 Å². The Morgan fingerprint density at radius 2 is 1.02 bits per heavy atom. The number of amides is 2. The molecule has 2 fully saturated rings. The quantitative estimate of drug-likeness (QED) is 0.154. The maximum absolute atomic E-state index is 13.1. The van der Waals surface area contributed by atoms with Gasteiger partial charge in [0.15, 0.2) is 13.2 Å². The molecule has 0 aliphatic carbocycles. The highest BCUT2D eigenvalue weighted by Crippen LogP contribution is 2.21. The average molecular weight is 862 g/mol. The molecule has 0 spiro atoms. The van der Waals surface area contributed by atoms with Gasteiger partial charge in [-0.1, -0.05) is 47.5 Å². The number of nitrogens with zero attached hydrogens (tertiary/aromatic N) is 4. The van der Waals surface area contributed by atoms with Crippen molar-refractivity contribution in [3.63, 3.8) is 0 Å². The summed E-state index contributed by atoms with van der Waals surface area (Å²) < 4.78 is 25.5. The SMILES string of the molecule is Cc1cc(F)ccc1OCC(=O)N1CCN(Cc2ccc(Cl)cc2)CC1.Cc1cc(I)ccc1OCC(=O)N1CCN(Cc2ccc(Cl)cc2)CC1. The minimum atomic E-state index is -0.307. The van der Waals surface area contributed by atoms with Gasteiger partial charge < -0.3 is 19.3 Å². The summed E-state index contributed by atoms with van der Waals surface area (Å²) in [6.45, 7) is 11.8. The van der Waals surface area contributed by atoms with Crippen LogP contribution in [0.25, 0.3) is 0 Å². The smallest absolute Gasteiger partial charge is 0.260 e. The number of aryl methyl sites for hydroxylation is 2. The fourth-order valence-electron chi connectivity index (χ4n) is 6.02. The van der Waals surface area contributed by atoms with Crippen LogP contribution in [0.2, 0.25) is 10.0 Å². The number of carbonyl (C=O) groups excluding carboxylic acids is 2. The largest absolute Gasteiger partial charge is 0.483 e. The zero-order valence-corrected chi connectivity index (χ0v) is 33.2. The first kappa shape index (κ1) is 39.8. The van der Waals surface area contributed by atoms with Crippen molar-refractivity contribution in [3.8, 4) is 11.5 Å². The van der Waals surface area contributed by atoms with Gasteiger partial charge in [0, 0.05) is 79.1 Å². The second-order valence-electron chi connectivity index (χ2n) is 13.0. The van der Waals surface area contributed by atoms with E-state index in [0.29, 0.717) is 24.4 Å². The van der Waals surface area contributed by atoms with Crippen molar-refractivity contribution in [1.29, 1.82) is 0 Å². The van der Waals surface area contributed by atoms with Crippen LogP contribution in [-0.4, -0.2) is 97.0 Å². The fraction of sp³-hybridized carbons (Fsp3) is 0.350. The van der Waals surface area contributed by atoms with E-state index in [9.17, 15) is 14.0 Å². The summed E-state index contributed by atoms with van der Waals surface area (Å²) in [6.07, 6.45) is 0. The maximum atomic E-state index is 13.1. The van der Waals surface area contributed by atoms with E-state index in [0.717, 1.165) is 77.3 Å². The Kier molecular flexibility index (Phi) is 15.0. The number of hydrogen-bond acceptors (Lipinski definition) is 6. The zero-order chi connectivity index (χ0) is 37.0. The van der Waals surface area contributed by atoms with Gasteiger partial charge in [-0.2, -0.15) is 0 Å². The molecule has 12 heteroatoms. The molecule has 4 aromatic carbocycles. The summed E-state index contributed by atoms with van der Waals surface area (Å²) in [4.78, 5) is 33.1. The lowest BCUT2D eigenvalue weighted by atomic mass is 10.2. The van der Waals surface area contributed by atoms with Gasteiger partial charge in [-0.3, -0.25) is 19.4 Å². The number of ether oxygens (including phenoxy) is 2. The second kappa shape index (κ2) is 19.6. The van der Waals surface area contributed by atoms with E-state index in [1.54, 1.807) is 13.0 Å². The Morgan fingerprint density at radius 1 is 0.615 bits per heavy atom. The van der Waals surface area contributed by atoms with Crippen LogP contribution in [0.15, 0.2) is 84.9 Å².